The summed E-state index contributed by atoms with van der Waals surface area (Å²) in [6, 6.07) is 9.66. The summed E-state index contributed by atoms with van der Waals surface area (Å²) in [6.07, 6.45) is 0. The molecule has 10 heteroatoms. The lowest BCUT2D eigenvalue weighted by Crippen LogP contribution is -2.40. The van der Waals surface area contributed by atoms with Gasteiger partial charge in [-0.25, -0.2) is 8.42 Å². The summed E-state index contributed by atoms with van der Waals surface area (Å²) in [5, 5.41) is 2.97. The van der Waals surface area contributed by atoms with Crippen molar-refractivity contribution in [3.8, 4) is 11.5 Å². The third-order valence-electron chi connectivity index (χ3n) is 4.48. The number of morpholine rings is 1. The molecule has 0 saturated carbocycles. The topological polar surface area (TPSA) is 94.2 Å². The number of hydrogen-bond acceptors (Lipinski definition) is 6. The van der Waals surface area contributed by atoms with Crippen LogP contribution in [-0.2, 0) is 19.6 Å². The van der Waals surface area contributed by atoms with E-state index in [1.807, 2.05) is 13.0 Å². The number of benzene rings is 2. The number of sulfonamides is 1. The van der Waals surface area contributed by atoms with Crippen molar-refractivity contribution in [3.05, 3.63) is 47.0 Å². The molecule has 0 unspecified atom stereocenters. The van der Waals surface area contributed by atoms with Gasteiger partial charge in [0, 0.05) is 18.1 Å². The van der Waals surface area contributed by atoms with Gasteiger partial charge in [0.25, 0.3) is 5.91 Å². The summed E-state index contributed by atoms with van der Waals surface area (Å²) in [7, 11) is -2.34. The van der Waals surface area contributed by atoms with Gasteiger partial charge in [0.05, 0.1) is 26.0 Å². The molecule has 1 aliphatic heterocycles. The van der Waals surface area contributed by atoms with Crippen LogP contribution in [0.25, 0.3) is 0 Å². The van der Waals surface area contributed by atoms with Gasteiger partial charge < -0.3 is 19.5 Å². The molecule has 1 saturated heterocycles. The number of nitrogens with zero attached hydrogens (tertiary/aromatic N) is 1. The van der Waals surface area contributed by atoms with E-state index in [4.69, 9.17) is 25.8 Å². The lowest BCUT2D eigenvalue weighted by Gasteiger charge is -2.26. The molecule has 3 rings (SSSR count). The largest absolute Gasteiger partial charge is 0.495 e. The van der Waals surface area contributed by atoms with Crippen molar-refractivity contribution in [2.75, 3.05) is 45.3 Å². The van der Waals surface area contributed by atoms with Crippen molar-refractivity contribution in [1.82, 2.24) is 4.31 Å². The Morgan fingerprint density at radius 1 is 1.17 bits per heavy atom. The number of ether oxygens (including phenoxy) is 3. The lowest BCUT2D eigenvalue weighted by molar-refractivity contribution is -0.118. The van der Waals surface area contributed by atoms with Crippen LogP contribution in [0.4, 0.5) is 5.69 Å². The Hall–Kier alpha value is -2.33. The fourth-order valence-electron chi connectivity index (χ4n) is 2.98. The van der Waals surface area contributed by atoms with Gasteiger partial charge in [-0.05, 0) is 42.8 Å². The molecule has 2 aromatic carbocycles. The summed E-state index contributed by atoms with van der Waals surface area (Å²) in [5.74, 6) is 0.108. The van der Waals surface area contributed by atoms with E-state index in [0.29, 0.717) is 24.7 Å². The monoisotopic (exact) mass is 454 g/mol. The van der Waals surface area contributed by atoms with Crippen LogP contribution in [-0.4, -0.2) is 58.7 Å². The Bertz CT molecular complexity index is 1020. The van der Waals surface area contributed by atoms with Crippen LogP contribution >= 0.6 is 11.6 Å². The Morgan fingerprint density at radius 3 is 2.57 bits per heavy atom. The number of carbonyl (C=O) groups excluding carboxylic acids is 1. The maximum absolute atomic E-state index is 13.0. The number of methoxy groups -OCH3 is 1. The molecule has 1 N–H and O–H groups in total. The van der Waals surface area contributed by atoms with Gasteiger partial charge >= 0.3 is 0 Å². The number of aryl methyl sites for hydroxylation is 1. The zero-order valence-corrected chi connectivity index (χ0v) is 18.3. The number of rotatable bonds is 7. The van der Waals surface area contributed by atoms with E-state index in [-0.39, 0.29) is 35.4 Å². The molecule has 0 atom stereocenters. The summed E-state index contributed by atoms with van der Waals surface area (Å²) >= 11 is 6.02. The maximum Gasteiger partial charge on any atom is 0.262 e. The van der Waals surface area contributed by atoms with Crippen molar-refractivity contribution < 1.29 is 27.4 Å². The minimum atomic E-state index is -3.85. The third kappa shape index (κ3) is 5.23. The van der Waals surface area contributed by atoms with Gasteiger partial charge in [0.15, 0.2) is 6.61 Å². The van der Waals surface area contributed by atoms with Crippen LogP contribution in [0.3, 0.4) is 0 Å². The molecular formula is C20H23ClN2O6S. The van der Waals surface area contributed by atoms with Gasteiger partial charge in [-0.2, -0.15) is 4.31 Å². The van der Waals surface area contributed by atoms with E-state index >= 15 is 0 Å². The van der Waals surface area contributed by atoms with Gasteiger partial charge in [-0.1, -0.05) is 17.7 Å². The first-order valence-electron chi connectivity index (χ1n) is 9.26. The van der Waals surface area contributed by atoms with Crippen molar-refractivity contribution in [2.24, 2.45) is 0 Å². The molecule has 0 radical (unpaired) electrons. The number of halogens is 1. The molecule has 30 heavy (non-hydrogen) atoms. The highest BCUT2D eigenvalue weighted by atomic mass is 35.5. The van der Waals surface area contributed by atoms with Crippen LogP contribution in [0.2, 0.25) is 5.02 Å². The average molecular weight is 455 g/mol. The van der Waals surface area contributed by atoms with Crippen molar-refractivity contribution >= 4 is 33.2 Å². The minimum Gasteiger partial charge on any atom is -0.495 e. The molecule has 2 aromatic rings. The van der Waals surface area contributed by atoms with Crippen molar-refractivity contribution in [1.29, 1.82) is 0 Å². The fourth-order valence-corrected chi connectivity index (χ4v) is 4.78. The van der Waals surface area contributed by atoms with Crippen molar-refractivity contribution in [3.63, 3.8) is 0 Å². The lowest BCUT2D eigenvalue weighted by atomic mass is 10.2. The summed E-state index contributed by atoms with van der Waals surface area (Å²) in [6.45, 7) is 2.61. The van der Waals surface area contributed by atoms with Gasteiger partial charge in [-0.3, -0.25) is 4.79 Å². The summed E-state index contributed by atoms with van der Waals surface area (Å²) in [5.41, 5.74) is 1.45. The molecule has 8 nitrogen and oxygen atoms in total. The third-order valence-corrected chi connectivity index (χ3v) is 6.64. The van der Waals surface area contributed by atoms with E-state index in [9.17, 15) is 13.2 Å². The smallest absolute Gasteiger partial charge is 0.262 e. The van der Waals surface area contributed by atoms with Crippen LogP contribution in [0.5, 0.6) is 11.5 Å². The van der Waals surface area contributed by atoms with Gasteiger partial charge in [0.2, 0.25) is 10.0 Å². The summed E-state index contributed by atoms with van der Waals surface area (Å²) < 4.78 is 43.4. The number of anilines is 1. The van der Waals surface area contributed by atoms with E-state index in [1.54, 1.807) is 12.1 Å². The van der Waals surface area contributed by atoms with Crippen molar-refractivity contribution in [2.45, 2.75) is 11.8 Å². The van der Waals surface area contributed by atoms with Gasteiger partial charge in [-0.15, -0.1) is 0 Å². The highest BCUT2D eigenvalue weighted by Crippen LogP contribution is 2.30. The van der Waals surface area contributed by atoms with Crippen LogP contribution < -0.4 is 14.8 Å². The molecule has 0 aliphatic carbocycles. The molecule has 1 aliphatic rings. The van der Waals surface area contributed by atoms with Gasteiger partial charge in [0.1, 0.15) is 16.4 Å². The molecule has 1 amide bonds. The Balaban J connectivity index is 1.76. The molecule has 1 heterocycles. The predicted octanol–water partition coefficient (Wildman–Crippen LogP) is 2.70. The zero-order chi connectivity index (χ0) is 21.7. The Morgan fingerprint density at radius 2 is 1.87 bits per heavy atom. The van der Waals surface area contributed by atoms with E-state index in [0.717, 1.165) is 5.56 Å². The fraction of sp³-hybridized carbons (Fsp3) is 0.350. The van der Waals surface area contributed by atoms with Crippen LogP contribution in [0.15, 0.2) is 41.3 Å². The molecule has 162 valence electrons. The second-order valence-corrected chi connectivity index (χ2v) is 8.99. The predicted molar refractivity (Wildman–Crippen MR) is 113 cm³/mol. The first kappa shape index (κ1) is 22.4. The molecule has 0 spiro atoms. The number of carbonyl (C=O) groups is 1. The zero-order valence-electron chi connectivity index (χ0n) is 16.7. The highest BCUT2D eigenvalue weighted by Gasteiger charge is 2.29. The van der Waals surface area contributed by atoms with E-state index < -0.39 is 15.9 Å². The molecule has 1 fully saturated rings. The minimum absolute atomic E-state index is 0.0530. The van der Waals surface area contributed by atoms with E-state index in [1.165, 1.54) is 29.6 Å². The van der Waals surface area contributed by atoms with E-state index in [2.05, 4.69) is 5.32 Å². The quantitative estimate of drug-likeness (QED) is 0.691. The highest BCUT2D eigenvalue weighted by molar-refractivity contribution is 7.89. The standard InChI is InChI=1S/C20H23ClN2O6S/c1-14-3-5-17(27-2)16(11-14)22-20(24)13-29-18-6-4-15(21)12-19(18)30(25,26)23-7-9-28-10-8-23/h3-6,11-12H,7-10,13H2,1-2H3,(H,22,24). The molecule has 0 bridgehead atoms. The van der Waals surface area contributed by atoms with Crippen LogP contribution in [0, 0.1) is 6.92 Å². The second-order valence-electron chi connectivity index (χ2n) is 6.65. The average Bonchev–Trinajstić information content (AvgIpc) is 2.73. The maximum atomic E-state index is 13.0. The molecular weight excluding hydrogens is 432 g/mol. The number of amides is 1. The first-order chi connectivity index (χ1) is 14.3. The Kier molecular flexibility index (Phi) is 7.19. The van der Waals surface area contributed by atoms with Crippen LogP contribution in [0.1, 0.15) is 5.56 Å². The first-order valence-corrected chi connectivity index (χ1v) is 11.1. The SMILES string of the molecule is COc1ccc(C)cc1NC(=O)COc1ccc(Cl)cc1S(=O)(=O)N1CCOCC1. The Labute approximate surface area is 180 Å². The number of hydrogen-bond donors (Lipinski definition) is 1. The molecule has 0 aromatic heterocycles. The number of nitrogens with one attached hydrogen (secondary N) is 1. The second kappa shape index (κ2) is 9.65. The normalized spacial score (nSPS) is 14.9. The summed E-state index contributed by atoms with van der Waals surface area (Å²) in [4.78, 5) is 12.3.